The van der Waals surface area contributed by atoms with E-state index in [9.17, 15) is 4.79 Å². The van der Waals surface area contributed by atoms with Gasteiger partial charge in [0.25, 0.3) is 0 Å². The number of nitrogens with one attached hydrogen (secondary N) is 1. The molecule has 5 heterocycles. The van der Waals surface area contributed by atoms with Gasteiger partial charge in [-0.25, -0.2) is 4.98 Å². The van der Waals surface area contributed by atoms with Crippen molar-refractivity contribution in [1.29, 1.82) is 0 Å². The highest BCUT2D eigenvalue weighted by Crippen LogP contribution is 2.24. The smallest absolute Gasteiger partial charge is 0.222 e. The van der Waals surface area contributed by atoms with Gasteiger partial charge in [0.15, 0.2) is 5.82 Å². The molecule has 0 saturated carbocycles. The van der Waals surface area contributed by atoms with Crippen molar-refractivity contribution < 1.29 is 4.79 Å². The molecule has 0 aliphatic carbocycles. The molecule has 1 saturated heterocycles. The van der Waals surface area contributed by atoms with Gasteiger partial charge in [-0.1, -0.05) is 13.8 Å². The molecular weight excluding hydrogens is 428 g/mol. The maximum atomic E-state index is 11.8. The zero-order valence-corrected chi connectivity index (χ0v) is 19.5. The van der Waals surface area contributed by atoms with Crippen molar-refractivity contribution in [2.45, 2.75) is 45.6 Å². The third-order valence-corrected chi connectivity index (χ3v) is 6.09. The first kappa shape index (κ1) is 21.9. The monoisotopic (exact) mass is 456 g/mol. The molecule has 0 radical (unpaired) electrons. The van der Waals surface area contributed by atoms with Crippen molar-refractivity contribution in [3.05, 3.63) is 54.6 Å². The lowest BCUT2D eigenvalue weighted by Gasteiger charge is -2.14. The molecule has 0 atom stereocenters. The number of aryl methyl sites for hydroxylation is 1. The van der Waals surface area contributed by atoms with Crippen LogP contribution in [-0.2, 0) is 11.3 Å². The van der Waals surface area contributed by atoms with Gasteiger partial charge in [-0.2, -0.15) is 10.2 Å². The van der Waals surface area contributed by atoms with Crippen LogP contribution in [0.15, 0.2) is 49.1 Å². The molecule has 0 spiro atoms. The number of rotatable bonds is 8. The molecule has 174 valence electrons. The molecular formula is C25H28N8O. The molecule has 4 aromatic heterocycles. The Morgan fingerprint density at radius 3 is 2.76 bits per heavy atom. The molecule has 1 amide bonds. The van der Waals surface area contributed by atoms with E-state index in [2.05, 4.69) is 39.4 Å². The van der Waals surface area contributed by atoms with Gasteiger partial charge in [-0.15, -0.1) is 5.10 Å². The average Bonchev–Trinajstić information content (AvgIpc) is 3.48. The highest BCUT2D eigenvalue weighted by atomic mass is 16.2. The lowest BCUT2D eigenvalue weighted by Crippen LogP contribution is -2.26. The SMILES string of the molecule is CC(C)c1cnnc(Nc2ccc3ncc(-c4cnn(CCCN5CCCC5=O)c4)cc3n2)c1. The van der Waals surface area contributed by atoms with Crippen molar-refractivity contribution >= 4 is 28.6 Å². The van der Waals surface area contributed by atoms with E-state index in [1.165, 1.54) is 0 Å². The second-order valence-corrected chi connectivity index (χ2v) is 8.94. The lowest BCUT2D eigenvalue weighted by molar-refractivity contribution is -0.127. The number of anilines is 2. The zero-order chi connectivity index (χ0) is 23.5. The van der Waals surface area contributed by atoms with Gasteiger partial charge >= 0.3 is 0 Å². The highest BCUT2D eigenvalue weighted by Gasteiger charge is 2.19. The summed E-state index contributed by atoms with van der Waals surface area (Å²) < 4.78 is 1.92. The number of hydrogen-bond acceptors (Lipinski definition) is 7. The maximum Gasteiger partial charge on any atom is 0.222 e. The van der Waals surface area contributed by atoms with Crippen LogP contribution in [-0.4, -0.2) is 53.8 Å². The van der Waals surface area contributed by atoms with Crippen molar-refractivity contribution in [2.24, 2.45) is 0 Å². The summed E-state index contributed by atoms with van der Waals surface area (Å²) in [4.78, 5) is 23.0. The number of carbonyl (C=O) groups is 1. The van der Waals surface area contributed by atoms with Crippen molar-refractivity contribution in [3.8, 4) is 11.1 Å². The summed E-state index contributed by atoms with van der Waals surface area (Å²) in [6.45, 7) is 6.69. The molecule has 1 fully saturated rings. The second kappa shape index (κ2) is 9.54. The van der Waals surface area contributed by atoms with Gasteiger partial charge < -0.3 is 10.2 Å². The quantitative estimate of drug-likeness (QED) is 0.425. The Bertz CT molecular complexity index is 1320. The summed E-state index contributed by atoms with van der Waals surface area (Å²) in [6.07, 6.45) is 10.0. The van der Waals surface area contributed by atoms with E-state index < -0.39 is 0 Å². The minimum absolute atomic E-state index is 0.268. The minimum Gasteiger partial charge on any atom is -0.343 e. The summed E-state index contributed by atoms with van der Waals surface area (Å²) in [5.74, 6) is 1.99. The fourth-order valence-electron chi connectivity index (χ4n) is 4.12. The number of hydrogen-bond donors (Lipinski definition) is 1. The van der Waals surface area contributed by atoms with Gasteiger partial charge in [0.2, 0.25) is 5.91 Å². The normalized spacial score (nSPS) is 13.9. The number of likely N-dealkylation sites (tertiary alicyclic amines) is 1. The van der Waals surface area contributed by atoms with Gasteiger partial charge in [-0.05, 0) is 48.6 Å². The van der Waals surface area contributed by atoms with E-state index >= 15 is 0 Å². The minimum atomic E-state index is 0.268. The predicted molar refractivity (Wildman–Crippen MR) is 131 cm³/mol. The van der Waals surface area contributed by atoms with E-state index in [1.54, 1.807) is 6.20 Å². The summed E-state index contributed by atoms with van der Waals surface area (Å²) in [7, 11) is 0. The maximum absolute atomic E-state index is 11.8. The van der Waals surface area contributed by atoms with Crippen LogP contribution in [0.1, 0.15) is 44.6 Å². The average molecular weight is 457 g/mol. The van der Waals surface area contributed by atoms with Crippen LogP contribution in [0, 0.1) is 0 Å². The van der Waals surface area contributed by atoms with Crippen LogP contribution in [0.25, 0.3) is 22.2 Å². The fourth-order valence-corrected chi connectivity index (χ4v) is 4.12. The Hall–Kier alpha value is -3.88. The molecule has 9 nitrogen and oxygen atoms in total. The Labute approximate surface area is 198 Å². The van der Waals surface area contributed by atoms with E-state index in [1.807, 2.05) is 52.4 Å². The number of carbonyl (C=O) groups excluding carboxylic acids is 1. The summed E-state index contributed by atoms with van der Waals surface area (Å²) in [5.41, 5.74) is 4.67. The van der Waals surface area contributed by atoms with E-state index in [0.717, 1.165) is 60.2 Å². The Balaban J connectivity index is 1.29. The highest BCUT2D eigenvalue weighted by molar-refractivity contribution is 5.81. The number of aromatic nitrogens is 6. The first-order valence-electron chi connectivity index (χ1n) is 11.7. The third-order valence-electron chi connectivity index (χ3n) is 6.09. The van der Waals surface area contributed by atoms with Crippen LogP contribution in [0.3, 0.4) is 0 Å². The second-order valence-electron chi connectivity index (χ2n) is 8.94. The van der Waals surface area contributed by atoms with Crippen molar-refractivity contribution in [1.82, 2.24) is 34.8 Å². The molecule has 5 rings (SSSR count). The van der Waals surface area contributed by atoms with Crippen LogP contribution in [0.5, 0.6) is 0 Å². The van der Waals surface area contributed by atoms with Gasteiger partial charge in [0, 0.05) is 49.6 Å². The summed E-state index contributed by atoms with van der Waals surface area (Å²) in [5, 5.41) is 16.0. The molecule has 0 unspecified atom stereocenters. The van der Waals surface area contributed by atoms with E-state index in [0.29, 0.717) is 24.0 Å². The number of pyridine rings is 2. The van der Waals surface area contributed by atoms with Gasteiger partial charge in [0.1, 0.15) is 5.82 Å². The zero-order valence-electron chi connectivity index (χ0n) is 19.5. The molecule has 0 bridgehead atoms. The van der Waals surface area contributed by atoms with Crippen LogP contribution < -0.4 is 5.32 Å². The predicted octanol–water partition coefficient (Wildman–Crippen LogP) is 4.16. The molecule has 1 aliphatic heterocycles. The molecule has 34 heavy (non-hydrogen) atoms. The lowest BCUT2D eigenvalue weighted by atomic mass is 10.1. The Morgan fingerprint density at radius 1 is 1.03 bits per heavy atom. The van der Waals surface area contributed by atoms with E-state index in [4.69, 9.17) is 4.98 Å². The van der Waals surface area contributed by atoms with Crippen LogP contribution in [0.4, 0.5) is 11.6 Å². The molecule has 0 aromatic carbocycles. The third kappa shape index (κ3) is 4.88. The first-order chi connectivity index (χ1) is 16.5. The summed E-state index contributed by atoms with van der Waals surface area (Å²) in [6, 6.07) is 7.85. The molecule has 9 heteroatoms. The van der Waals surface area contributed by atoms with E-state index in [-0.39, 0.29) is 5.91 Å². The van der Waals surface area contributed by atoms with Crippen molar-refractivity contribution in [3.63, 3.8) is 0 Å². The fraction of sp³-hybridized carbons (Fsp3) is 0.360. The van der Waals surface area contributed by atoms with Crippen molar-refractivity contribution in [2.75, 3.05) is 18.4 Å². The standard InChI is InChI=1S/C25H28N8O/c1-17(2)18-12-24(31-27-14-18)30-23-7-6-21-22(29-23)11-19(13-26-21)20-15-28-33(16-20)10-4-9-32-8-3-5-25(32)34/h6-7,11-17H,3-5,8-10H2,1-2H3,(H,29,30,31). The Morgan fingerprint density at radius 2 is 1.94 bits per heavy atom. The first-order valence-corrected chi connectivity index (χ1v) is 11.7. The largest absolute Gasteiger partial charge is 0.343 e. The van der Waals surface area contributed by atoms with Crippen LogP contribution >= 0.6 is 0 Å². The topological polar surface area (TPSA) is 102 Å². The number of nitrogens with zero attached hydrogens (tertiary/aromatic N) is 7. The number of fused-ring (bicyclic) bond motifs is 1. The Kier molecular flexibility index (Phi) is 6.16. The molecule has 1 aliphatic rings. The van der Waals surface area contributed by atoms with Gasteiger partial charge in [0.05, 0.1) is 23.4 Å². The van der Waals surface area contributed by atoms with Gasteiger partial charge in [-0.3, -0.25) is 14.5 Å². The number of amides is 1. The summed E-state index contributed by atoms with van der Waals surface area (Å²) >= 11 is 0. The molecule has 4 aromatic rings. The van der Waals surface area contributed by atoms with Crippen LogP contribution in [0.2, 0.25) is 0 Å². The molecule has 1 N–H and O–H groups in total.